The molecule has 2 aliphatic carbocycles. The Morgan fingerprint density at radius 1 is 1.33 bits per heavy atom. The summed E-state index contributed by atoms with van der Waals surface area (Å²) >= 11 is 0. The molecule has 4 bridgehead atoms. The molecule has 0 amide bonds. The minimum Gasteiger partial charge on any atom is -0.378 e. The molecule has 0 aromatic carbocycles. The molecule has 0 aromatic heterocycles. The molecule has 15 heavy (non-hydrogen) atoms. The Bertz CT molecular complexity index is 243. The van der Waals surface area contributed by atoms with Gasteiger partial charge in [-0.1, -0.05) is 5.59 Å². The van der Waals surface area contributed by atoms with Crippen LogP contribution in [-0.2, 0) is 4.74 Å². The fourth-order valence-electron chi connectivity index (χ4n) is 4.30. The predicted molar refractivity (Wildman–Crippen MR) is 57.7 cm³/mol. The Balaban J connectivity index is 0.000000404. The molecular weight excluding hydrogens is 192 g/mol. The number of methoxy groups -OCH3 is 1. The monoisotopic (exact) mass is 212 g/mol. The largest absolute Gasteiger partial charge is 0.378 e. The molecule has 0 spiro atoms. The van der Waals surface area contributed by atoms with E-state index in [9.17, 15) is 0 Å². The molecule has 4 heteroatoms. The molecule has 2 aliphatic heterocycles. The van der Waals surface area contributed by atoms with Crippen LogP contribution in [0.1, 0.15) is 39.0 Å². The summed E-state index contributed by atoms with van der Waals surface area (Å²) in [6.07, 6.45) is 6.55. The number of piperidine rings is 2. The lowest BCUT2D eigenvalue weighted by Crippen LogP contribution is -2.68. The summed E-state index contributed by atoms with van der Waals surface area (Å²) < 4.78 is 5.78. The molecule has 86 valence electrons. The lowest BCUT2D eigenvalue weighted by atomic mass is 9.57. The molecule has 2 heterocycles. The first-order chi connectivity index (χ1) is 7.13. The van der Waals surface area contributed by atoms with Crippen LogP contribution in [0.15, 0.2) is 0 Å². The van der Waals surface area contributed by atoms with E-state index in [2.05, 4.69) is 17.8 Å². The third-order valence-electron chi connectivity index (χ3n) is 4.33. The number of rotatable bonds is 1. The van der Waals surface area contributed by atoms with E-state index < -0.39 is 0 Å². The number of ether oxygens (including phenoxy) is 1. The zero-order valence-corrected chi connectivity index (χ0v) is 9.51. The van der Waals surface area contributed by atoms with Gasteiger partial charge in [-0.05, 0) is 44.9 Å². The van der Waals surface area contributed by atoms with E-state index in [1.54, 1.807) is 0 Å². The molecule has 2 saturated heterocycles. The second-order valence-electron chi connectivity index (χ2n) is 5.68. The average molecular weight is 212 g/mol. The molecular formula is C11H20N2O2. The van der Waals surface area contributed by atoms with Crippen LogP contribution in [0, 0.1) is 16.4 Å². The van der Waals surface area contributed by atoms with Crippen molar-refractivity contribution in [2.45, 2.75) is 56.2 Å². The molecule has 0 aromatic rings. The molecule has 0 radical (unpaired) electrons. The topological polar surface area (TPSA) is 62.2 Å². The van der Waals surface area contributed by atoms with Gasteiger partial charge in [0.15, 0.2) is 0 Å². The van der Waals surface area contributed by atoms with Crippen LogP contribution in [0.5, 0.6) is 0 Å². The van der Waals surface area contributed by atoms with E-state index in [1.165, 1.54) is 32.1 Å². The van der Waals surface area contributed by atoms with Crippen LogP contribution in [0.4, 0.5) is 0 Å². The quantitative estimate of drug-likeness (QED) is 0.654. The van der Waals surface area contributed by atoms with E-state index in [0.29, 0.717) is 5.54 Å². The predicted octanol–water partition coefficient (Wildman–Crippen LogP) is 2.03. The minimum atomic E-state index is 0.242. The van der Waals surface area contributed by atoms with Crippen LogP contribution in [0.3, 0.4) is 0 Å². The standard InChI is InChI=1S/C11H19NO.HNO/c1-10-4-8-3-9(12-10)6-11(5-8,7-10)13-2;1-2/h8-9,12H,3-7H2,1-2H3;1H. The van der Waals surface area contributed by atoms with E-state index in [-0.39, 0.29) is 5.60 Å². The lowest BCUT2D eigenvalue weighted by Gasteiger charge is -2.61. The van der Waals surface area contributed by atoms with Crippen molar-refractivity contribution in [3.63, 3.8) is 0 Å². The van der Waals surface area contributed by atoms with Crippen molar-refractivity contribution < 1.29 is 4.74 Å². The van der Waals surface area contributed by atoms with Gasteiger partial charge in [0.1, 0.15) is 0 Å². The van der Waals surface area contributed by atoms with Crippen LogP contribution < -0.4 is 5.32 Å². The van der Waals surface area contributed by atoms with E-state index in [1.807, 2.05) is 7.11 Å². The fraction of sp³-hybridized carbons (Fsp3) is 1.00. The van der Waals surface area contributed by atoms with Gasteiger partial charge in [-0.25, -0.2) is 0 Å². The molecule has 2 N–H and O–H groups in total. The molecule has 4 fully saturated rings. The summed E-state index contributed by atoms with van der Waals surface area (Å²) in [5.41, 5.74) is 5.13. The minimum absolute atomic E-state index is 0.242. The molecule has 4 nitrogen and oxygen atoms in total. The van der Waals surface area contributed by atoms with Crippen molar-refractivity contribution in [3.8, 4) is 0 Å². The zero-order chi connectivity index (χ0) is 11.1. The summed E-state index contributed by atoms with van der Waals surface area (Å²) in [6.45, 7) is 2.37. The molecule has 2 saturated carbocycles. The highest BCUT2D eigenvalue weighted by molar-refractivity contribution is 5.12. The first-order valence-corrected chi connectivity index (χ1v) is 5.66. The Morgan fingerprint density at radius 3 is 2.60 bits per heavy atom. The summed E-state index contributed by atoms with van der Waals surface area (Å²) in [4.78, 5) is 7.50. The number of nitrogens with one attached hydrogen (secondary N) is 2. The first-order valence-electron chi connectivity index (χ1n) is 5.66. The first kappa shape index (κ1) is 11.0. The maximum atomic E-state index is 7.50. The van der Waals surface area contributed by atoms with Crippen LogP contribution in [0.2, 0.25) is 0 Å². The van der Waals surface area contributed by atoms with Crippen molar-refractivity contribution in [3.05, 3.63) is 4.91 Å². The third-order valence-corrected chi connectivity index (χ3v) is 4.33. The summed E-state index contributed by atoms with van der Waals surface area (Å²) in [7, 11) is 1.90. The van der Waals surface area contributed by atoms with Crippen LogP contribution in [-0.4, -0.2) is 24.3 Å². The fourth-order valence-corrected chi connectivity index (χ4v) is 4.30. The Hall–Kier alpha value is -0.480. The summed E-state index contributed by atoms with van der Waals surface area (Å²) in [5.74, 6) is 0.929. The SMILES string of the molecule is COC12CC3CC(C1)NC(C)(C3)C2.N=O. The van der Waals surface area contributed by atoms with Crippen molar-refractivity contribution in [1.82, 2.24) is 5.32 Å². The smallest absolute Gasteiger partial charge is 0.0713 e. The Morgan fingerprint density at radius 2 is 2.07 bits per heavy atom. The van der Waals surface area contributed by atoms with Gasteiger partial charge in [0.25, 0.3) is 0 Å². The van der Waals surface area contributed by atoms with Gasteiger partial charge in [0.2, 0.25) is 0 Å². The van der Waals surface area contributed by atoms with Crippen molar-refractivity contribution >= 4 is 0 Å². The van der Waals surface area contributed by atoms with Crippen LogP contribution >= 0.6 is 0 Å². The van der Waals surface area contributed by atoms with Gasteiger partial charge in [0, 0.05) is 18.7 Å². The van der Waals surface area contributed by atoms with Crippen LogP contribution in [0.25, 0.3) is 0 Å². The summed E-state index contributed by atoms with van der Waals surface area (Å²) in [6, 6.07) is 0.742. The van der Waals surface area contributed by atoms with Gasteiger partial charge in [-0.15, -0.1) is 0 Å². The number of nitroso groups, excluding NO2 is 1. The summed E-state index contributed by atoms with van der Waals surface area (Å²) in [5, 5.41) is 3.77. The molecule has 4 rings (SSSR count). The van der Waals surface area contributed by atoms with Gasteiger partial charge in [0.05, 0.1) is 5.60 Å². The van der Waals surface area contributed by atoms with Crippen molar-refractivity contribution in [2.24, 2.45) is 5.92 Å². The molecule has 4 atom stereocenters. The Labute approximate surface area is 90.5 Å². The normalized spacial score (nSPS) is 51.1. The second-order valence-corrected chi connectivity index (χ2v) is 5.68. The number of hydrogen-bond acceptors (Lipinski definition) is 4. The van der Waals surface area contributed by atoms with E-state index in [4.69, 9.17) is 9.64 Å². The maximum absolute atomic E-state index is 7.50. The third kappa shape index (κ3) is 1.70. The van der Waals surface area contributed by atoms with Gasteiger partial charge in [-0.3, -0.25) is 0 Å². The van der Waals surface area contributed by atoms with E-state index >= 15 is 0 Å². The highest BCUT2D eigenvalue weighted by Crippen LogP contribution is 2.52. The highest BCUT2D eigenvalue weighted by atomic mass is 16.5. The number of hydrogen-bond donors (Lipinski definition) is 2. The van der Waals surface area contributed by atoms with Crippen molar-refractivity contribution in [2.75, 3.05) is 7.11 Å². The highest BCUT2D eigenvalue weighted by Gasteiger charge is 2.55. The molecule has 4 aliphatic rings. The van der Waals surface area contributed by atoms with Gasteiger partial charge >= 0.3 is 0 Å². The Kier molecular flexibility index (Phi) is 2.59. The second kappa shape index (κ2) is 3.52. The maximum Gasteiger partial charge on any atom is 0.0713 e. The van der Waals surface area contributed by atoms with Crippen molar-refractivity contribution in [1.29, 1.82) is 5.59 Å². The molecule has 4 unspecified atom stereocenters. The van der Waals surface area contributed by atoms with Gasteiger partial charge < -0.3 is 10.1 Å². The zero-order valence-electron chi connectivity index (χ0n) is 9.51. The average Bonchev–Trinajstić information content (AvgIpc) is 2.17. The van der Waals surface area contributed by atoms with Gasteiger partial charge in [-0.2, -0.15) is 4.91 Å². The lowest BCUT2D eigenvalue weighted by molar-refractivity contribution is -0.147. The van der Waals surface area contributed by atoms with E-state index in [0.717, 1.165) is 12.0 Å².